The molecule has 0 aliphatic carbocycles. The number of anilines is 4. The molecular weight excluding hydrogens is 1560 g/mol. The maximum absolute atomic E-state index is 14.5. The number of carbonyl (C=O) groups excluding carboxylic acids is 3. The number of aromatic nitrogens is 16. The van der Waals surface area contributed by atoms with Crippen molar-refractivity contribution < 1.29 is 37.0 Å². The molecule has 32 nitrogen and oxygen atoms in total. The van der Waals surface area contributed by atoms with Crippen molar-refractivity contribution in [3.63, 3.8) is 0 Å². The molecule has 0 atom stereocenters. The number of nitrogens with zero attached hydrogens (tertiary/aromatic N) is 15. The summed E-state index contributed by atoms with van der Waals surface area (Å²) in [4.78, 5) is 108. The highest BCUT2D eigenvalue weighted by molar-refractivity contribution is 7.89. The fraction of sp³-hybridized carbons (Fsp3) is 0.184. The second-order valence-electron chi connectivity index (χ2n) is 28.5. The molecule has 3 fully saturated rings. The summed E-state index contributed by atoms with van der Waals surface area (Å²) in [6.07, 6.45) is 10.6. The SMILES string of the molecule is Nc1ncc(-c2ccc(C(=O)NCCN3CCCC3)cc2)nc1-c1nc2ccccc2[nH]1.Nc1ncc(-c2ccc(C(=O)NCCO)cc2)nc1-c1nc2ccccc2[nH]1.Nc1ncc(-c2ccc(F)c(C(=O)N3CCOCC3)c2)nc1-c1nc2ccccc2[nH]1.Nc1ncc(-c2ccc(S(=O)(=O)N3CCCC3)cc2)nc1-c1nc2ccccc2[nH]1. The summed E-state index contributed by atoms with van der Waals surface area (Å²) in [5.41, 5.74) is 39.2. The fourth-order valence-corrected chi connectivity index (χ4v) is 15.6. The van der Waals surface area contributed by atoms with Crippen LogP contribution in [-0.2, 0) is 14.8 Å². The number of nitrogens with two attached hydrogens (primary N) is 4. The van der Waals surface area contributed by atoms with Crippen LogP contribution in [0.3, 0.4) is 0 Å². The van der Waals surface area contributed by atoms with Crippen molar-refractivity contribution in [2.45, 2.75) is 30.6 Å². The number of imidazole rings is 4. The molecule has 8 aromatic heterocycles. The lowest BCUT2D eigenvalue weighted by Gasteiger charge is -2.27. The van der Waals surface area contributed by atoms with Gasteiger partial charge in [0.05, 0.1) is 122 Å². The van der Waals surface area contributed by atoms with E-state index in [1.165, 1.54) is 35.5 Å². The van der Waals surface area contributed by atoms with Crippen molar-refractivity contribution in [3.8, 4) is 91.1 Å². The number of hydrogen-bond acceptors (Lipinski definition) is 24. The van der Waals surface area contributed by atoms with Crippen molar-refractivity contribution >= 4 is 95.1 Å². The number of ether oxygens (including phenoxy) is 1. The molecule has 15 N–H and O–H groups in total. The molecule has 0 unspecified atom stereocenters. The van der Waals surface area contributed by atoms with Gasteiger partial charge in [0.25, 0.3) is 17.7 Å². The number of rotatable bonds is 18. The molecule has 610 valence electrons. The Labute approximate surface area is 691 Å². The van der Waals surface area contributed by atoms with Crippen molar-refractivity contribution in [3.05, 3.63) is 235 Å². The number of para-hydroxylation sites is 8. The number of nitrogen functional groups attached to an aromatic ring is 4. The molecule has 121 heavy (non-hydrogen) atoms. The zero-order chi connectivity index (χ0) is 83.5. The highest BCUT2D eigenvalue weighted by Gasteiger charge is 2.29. The van der Waals surface area contributed by atoms with E-state index < -0.39 is 15.8 Å². The van der Waals surface area contributed by atoms with E-state index >= 15 is 0 Å². The lowest BCUT2D eigenvalue weighted by Crippen LogP contribution is -2.41. The first-order chi connectivity index (χ1) is 58.9. The van der Waals surface area contributed by atoms with E-state index in [1.54, 1.807) is 90.2 Å². The van der Waals surface area contributed by atoms with Gasteiger partial charge in [0.15, 0.2) is 46.6 Å². The Bertz CT molecular complexity index is 6430. The number of nitrogens with one attached hydrogen (secondary N) is 6. The van der Waals surface area contributed by atoms with E-state index in [-0.39, 0.29) is 58.8 Å². The molecule has 19 rings (SSSR count). The Morgan fingerprint density at radius 2 is 0.777 bits per heavy atom. The number of morpholine rings is 1. The third-order valence-electron chi connectivity index (χ3n) is 20.5. The number of likely N-dealkylation sites (tertiary alicyclic amines) is 1. The van der Waals surface area contributed by atoms with Crippen LogP contribution in [0.2, 0.25) is 0 Å². The van der Waals surface area contributed by atoms with Crippen LogP contribution in [0, 0.1) is 5.82 Å². The molecule has 0 saturated carbocycles. The number of benzene rings is 8. The molecule has 3 saturated heterocycles. The first kappa shape index (κ1) is 80.1. The highest BCUT2D eigenvalue weighted by atomic mass is 32.2. The minimum atomic E-state index is -3.45. The average molecular weight is 1640 g/mol. The highest BCUT2D eigenvalue weighted by Crippen LogP contribution is 2.33. The smallest absolute Gasteiger partial charge is 0.257 e. The Kier molecular flexibility index (Phi) is 23.8. The van der Waals surface area contributed by atoms with Gasteiger partial charge in [-0.25, -0.2) is 72.6 Å². The summed E-state index contributed by atoms with van der Waals surface area (Å²) in [7, 11) is -3.45. The number of sulfonamides is 1. The average Bonchev–Trinajstić information content (AvgIpc) is 1.61. The molecule has 8 aromatic carbocycles. The lowest BCUT2D eigenvalue weighted by molar-refractivity contribution is 0.0300. The molecule has 34 heteroatoms. The summed E-state index contributed by atoms with van der Waals surface area (Å²) >= 11 is 0. The molecule has 3 amide bonds. The predicted molar refractivity (Wildman–Crippen MR) is 460 cm³/mol. The molecule has 0 bridgehead atoms. The van der Waals surface area contributed by atoms with Crippen LogP contribution in [0.1, 0.15) is 56.8 Å². The van der Waals surface area contributed by atoms with Gasteiger partial charge >= 0.3 is 0 Å². The zero-order valence-electron chi connectivity index (χ0n) is 65.2. The third-order valence-corrected chi connectivity index (χ3v) is 22.4. The molecule has 3 aliphatic rings. The monoisotopic (exact) mass is 1640 g/mol. The number of aliphatic hydroxyl groups is 1. The molecule has 11 heterocycles. The van der Waals surface area contributed by atoms with E-state index in [4.69, 9.17) is 32.8 Å². The predicted octanol–water partition coefficient (Wildman–Crippen LogP) is 11.0. The van der Waals surface area contributed by atoms with Crippen LogP contribution < -0.4 is 33.6 Å². The van der Waals surface area contributed by atoms with Gasteiger partial charge in [-0.15, -0.1) is 0 Å². The van der Waals surface area contributed by atoms with Gasteiger partial charge in [0.1, 0.15) is 28.6 Å². The van der Waals surface area contributed by atoms with Crippen molar-refractivity contribution in [2.24, 2.45) is 0 Å². The first-order valence-electron chi connectivity index (χ1n) is 39.1. The van der Waals surface area contributed by atoms with Gasteiger partial charge in [-0.05, 0) is 142 Å². The minimum absolute atomic E-state index is 0.0108. The summed E-state index contributed by atoms with van der Waals surface area (Å²) in [5.74, 6) is 1.96. The number of aromatic amines is 4. The van der Waals surface area contributed by atoms with E-state index in [9.17, 15) is 27.2 Å². The summed E-state index contributed by atoms with van der Waals surface area (Å²) < 4.78 is 46.7. The minimum Gasteiger partial charge on any atom is -0.395 e. The van der Waals surface area contributed by atoms with Gasteiger partial charge in [0.2, 0.25) is 10.0 Å². The Balaban J connectivity index is 0.000000120. The lowest BCUT2D eigenvalue weighted by atomic mass is 10.1. The van der Waals surface area contributed by atoms with E-state index in [2.05, 4.69) is 95.3 Å². The van der Waals surface area contributed by atoms with Crippen molar-refractivity contribution in [2.75, 3.05) is 102 Å². The van der Waals surface area contributed by atoms with Gasteiger partial charge in [0, 0.05) is 79.2 Å². The number of carbonyl (C=O) groups is 3. The van der Waals surface area contributed by atoms with Crippen LogP contribution in [-0.4, -0.2) is 204 Å². The number of hydrogen-bond donors (Lipinski definition) is 11. The van der Waals surface area contributed by atoms with Crippen LogP contribution in [0.5, 0.6) is 0 Å². The third kappa shape index (κ3) is 18.2. The zero-order valence-corrected chi connectivity index (χ0v) is 66.0. The number of H-pyrrole nitrogens is 4. The number of amides is 3. The Morgan fingerprint density at radius 3 is 1.16 bits per heavy atom. The van der Waals surface area contributed by atoms with E-state index in [0.717, 1.165) is 93.3 Å². The second-order valence-corrected chi connectivity index (χ2v) is 30.5. The second kappa shape index (κ2) is 36.0. The first-order valence-corrected chi connectivity index (χ1v) is 40.6. The van der Waals surface area contributed by atoms with Crippen molar-refractivity contribution in [1.82, 2.24) is 104 Å². The van der Waals surface area contributed by atoms with Crippen molar-refractivity contribution in [1.29, 1.82) is 0 Å². The van der Waals surface area contributed by atoms with Crippen LogP contribution in [0.15, 0.2) is 218 Å². The molecule has 0 radical (unpaired) electrons. The van der Waals surface area contributed by atoms with E-state index in [1.807, 2.05) is 109 Å². The number of fused-ring (bicyclic) bond motifs is 4. The van der Waals surface area contributed by atoms with Gasteiger partial charge in [-0.3, -0.25) is 14.4 Å². The standard InChI is InChI=1S/C24H25N7O.C22H19FN6O2.C21H20N6O2S.C20H18N6O2/c25-22-21(23-29-18-5-1-2-6-19(18)30-23)28-20(15-27-22)16-7-9-17(10-8-16)24(32)26-11-14-31-12-3-4-13-31;23-15-6-5-13(11-14(15)22(30)29-7-9-31-10-8-29)18-12-25-20(24)19(26-18)21-27-16-3-1-2-4-17(16)28-21;22-20-19(21-25-16-5-1-2-6-17(16)26-21)24-18(13-23-20)14-7-9-15(10-8-14)30(28,29)27-11-3-4-12-27;21-18-17(19-25-14-3-1-2-4-15(14)26-19)24-16(11-23-18)12-5-7-13(8-6-12)20(28)22-9-10-27/h1-2,5-10,15H,3-4,11-14H2,(H2,25,27)(H,26,32)(H,29,30);1-6,11-12H,7-10H2,(H2,24,25)(H,27,28);1-2,5-10,13H,3-4,11-12H2,(H2,22,23)(H,25,26);1-8,11,27H,9-10H2,(H2,21,23)(H,22,28)(H,25,26). The normalized spacial score (nSPS) is 13.6. The number of halogens is 1. The molecular formula is C87H82FN25O7S. The Hall–Kier alpha value is -14.7. The fourth-order valence-electron chi connectivity index (χ4n) is 14.1. The topological polar surface area (TPSA) is 471 Å². The van der Waals surface area contributed by atoms with Gasteiger partial charge < -0.3 is 73.1 Å². The molecule has 0 spiro atoms. The molecule has 16 aromatic rings. The van der Waals surface area contributed by atoms with Crippen LogP contribution in [0.4, 0.5) is 27.7 Å². The van der Waals surface area contributed by atoms with Gasteiger partial charge in [-0.2, -0.15) is 4.31 Å². The summed E-state index contributed by atoms with van der Waals surface area (Å²) in [6.45, 7) is 6.82. The Morgan fingerprint density at radius 1 is 0.430 bits per heavy atom. The van der Waals surface area contributed by atoms with Gasteiger partial charge in [-0.1, -0.05) is 84.9 Å². The maximum atomic E-state index is 14.5. The van der Waals surface area contributed by atoms with Crippen LogP contribution in [0.25, 0.3) is 135 Å². The number of aliphatic hydroxyl groups excluding tert-OH is 1. The molecule has 3 aliphatic heterocycles. The van der Waals surface area contributed by atoms with Crippen LogP contribution >= 0.6 is 0 Å². The van der Waals surface area contributed by atoms with E-state index in [0.29, 0.717) is 137 Å². The summed E-state index contributed by atoms with van der Waals surface area (Å²) in [5, 5.41) is 14.4. The largest absolute Gasteiger partial charge is 0.395 e. The quantitative estimate of drug-likeness (QED) is 0.0380. The summed E-state index contributed by atoms with van der Waals surface area (Å²) in [6, 6.07) is 56.0. The maximum Gasteiger partial charge on any atom is 0.257 e.